The molecular weight excluding hydrogens is 280 g/mol. The Morgan fingerprint density at radius 1 is 1.25 bits per heavy atom. The molecular formula is C14H15F2N3S. The Morgan fingerprint density at radius 2 is 2.05 bits per heavy atom. The fourth-order valence-corrected chi connectivity index (χ4v) is 3.47. The minimum Gasteiger partial charge on any atom is -0.368 e. The van der Waals surface area contributed by atoms with E-state index in [1.807, 2.05) is 11.8 Å². The van der Waals surface area contributed by atoms with Gasteiger partial charge in [0.2, 0.25) is 0 Å². The molecule has 1 N–H and O–H groups in total. The van der Waals surface area contributed by atoms with Crippen LogP contribution in [0.5, 0.6) is 0 Å². The summed E-state index contributed by atoms with van der Waals surface area (Å²) in [7, 11) is 0. The van der Waals surface area contributed by atoms with Gasteiger partial charge < -0.3 is 5.32 Å². The maximum absolute atomic E-state index is 13.2. The molecule has 1 fully saturated rings. The molecule has 20 heavy (non-hydrogen) atoms. The Morgan fingerprint density at radius 3 is 2.80 bits per heavy atom. The summed E-state index contributed by atoms with van der Waals surface area (Å²) in [6.45, 7) is 0.844. The number of hydrogen-bond donors (Lipinski definition) is 1. The third-order valence-corrected chi connectivity index (χ3v) is 4.70. The van der Waals surface area contributed by atoms with Crippen molar-refractivity contribution in [3.63, 3.8) is 0 Å². The average Bonchev–Trinajstić information content (AvgIpc) is 2.47. The van der Waals surface area contributed by atoms with Gasteiger partial charge in [-0.2, -0.15) is 11.8 Å². The van der Waals surface area contributed by atoms with Gasteiger partial charge >= 0.3 is 0 Å². The second kappa shape index (κ2) is 5.91. The maximum Gasteiger partial charge on any atom is 0.161 e. The van der Waals surface area contributed by atoms with Crippen molar-refractivity contribution in [3.05, 3.63) is 30.0 Å². The van der Waals surface area contributed by atoms with E-state index in [4.69, 9.17) is 0 Å². The molecule has 0 bridgehead atoms. The number of anilines is 1. The summed E-state index contributed by atoms with van der Waals surface area (Å²) in [4.78, 5) is 8.38. The van der Waals surface area contributed by atoms with Gasteiger partial charge in [0.15, 0.2) is 11.6 Å². The van der Waals surface area contributed by atoms with Crippen LogP contribution in [0.2, 0.25) is 0 Å². The quantitative estimate of drug-likeness (QED) is 0.941. The number of aromatic nitrogens is 2. The molecule has 0 amide bonds. The highest BCUT2D eigenvalue weighted by Gasteiger charge is 2.14. The first kappa shape index (κ1) is 13.5. The van der Waals surface area contributed by atoms with E-state index in [0.717, 1.165) is 24.4 Å². The number of benzene rings is 1. The summed E-state index contributed by atoms with van der Waals surface area (Å²) < 4.78 is 26.3. The standard InChI is InChI=1S/C14H15F2N3S/c15-10-4-12-13(5-11(10)16)19-14(7-17-12)18-6-9-2-1-3-20-8-9/h4-5,7,9H,1-3,6,8H2,(H,18,19). The zero-order valence-corrected chi connectivity index (χ0v) is 11.7. The minimum atomic E-state index is -0.897. The second-order valence-electron chi connectivity index (χ2n) is 4.97. The first-order valence-corrected chi connectivity index (χ1v) is 7.81. The lowest BCUT2D eigenvalue weighted by Crippen LogP contribution is -2.20. The van der Waals surface area contributed by atoms with Gasteiger partial charge in [-0.05, 0) is 30.3 Å². The Balaban J connectivity index is 1.73. The van der Waals surface area contributed by atoms with E-state index >= 15 is 0 Å². The van der Waals surface area contributed by atoms with Crippen LogP contribution in [0.4, 0.5) is 14.6 Å². The molecule has 106 valence electrons. The van der Waals surface area contributed by atoms with Crippen LogP contribution >= 0.6 is 11.8 Å². The number of rotatable bonds is 3. The molecule has 1 aromatic heterocycles. The van der Waals surface area contributed by atoms with Crippen molar-refractivity contribution in [1.29, 1.82) is 0 Å². The van der Waals surface area contributed by atoms with Gasteiger partial charge in [-0.3, -0.25) is 4.98 Å². The van der Waals surface area contributed by atoms with Crippen molar-refractivity contribution in [2.24, 2.45) is 5.92 Å². The lowest BCUT2D eigenvalue weighted by molar-refractivity contribution is 0.510. The van der Waals surface area contributed by atoms with Crippen LogP contribution in [0, 0.1) is 17.6 Å². The largest absolute Gasteiger partial charge is 0.368 e. The van der Waals surface area contributed by atoms with E-state index in [9.17, 15) is 8.78 Å². The SMILES string of the molecule is Fc1cc2ncc(NCC3CCCSC3)nc2cc1F. The van der Waals surface area contributed by atoms with Gasteiger partial charge in [-0.25, -0.2) is 13.8 Å². The van der Waals surface area contributed by atoms with Gasteiger partial charge in [0.1, 0.15) is 5.82 Å². The van der Waals surface area contributed by atoms with E-state index in [2.05, 4.69) is 15.3 Å². The molecule has 1 aromatic carbocycles. The number of halogens is 2. The zero-order valence-electron chi connectivity index (χ0n) is 10.9. The highest BCUT2D eigenvalue weighted by atomic mass is 32.2. The number of fused-ring (bicyclic) bond motifs is 1. The summed E-state index contributed by atoms with van der Waals surface area (Å²) >= 11 is 1.98. The van der Waals surface area contributed by atoms with Crippen molar-refractivity contribution in [2.75, 3.05) is 23.4 Å². The molecule has 6 heteroatoms. The van der Waals surface area contributed by atoms with Crippen LogP contribution in [0.25, 0.3) is 11.0 Å². The van der Waals surface area contributed by atoms with Crippen LogP contribution in [0.3, 0.4) is 0 Å². The van der Waals surface area contributed by atoms with Gasteiger partial charge in [0, 0.05) is 18.7 Å². The Labute approximate surface area is 120 Å². The van der Waals surface area contributed by atoms with Gasteiger partial charge in [0.05, 0.1) is 17.2 Å². The van der Waals surface area contributed by atoms with Crippen LogP contribution in [-0.2, 0) is 0 Å². The lowest BCUT2D eigenvalue weighted by Gasteiger charge is -2.21. The second-order valence-corrected chi connectivity index (χ2v) is 6.12. The van der Waals surface area contributed by atoms with Crippen LogP contribution < -0.4 is 5.32 Å². The molecule has 3 nitrogen and oxygen atoms in total. The predicted octanol–water partition coefficient (Wildman–Crippen LogP) is 3.46. The Kier molecular flexibility index (Phi) is 4.00. The topological polar surface area (TPSA) is 37.8 Å². The van der Waals surface area contributed by atoms with Crippen LogP contribution in [0.1, 0.15) is 12.8 Å². The summed E-state index contributed by atoms with van der Waals surface area (Å²) in [5.74, 6) is 1.86. The zero-order chi connectivity index (χ0) is 13.9. The number of hydrogen-bond acceptors (Lipinski definition) is 4. The Hall–Kier alpha value is -1.43. The molecule has 0 spiro atoms. The molecule has 1 atom stereocenters. The summed E-state index contributed by atoms with van der Waals surface area (Å²) in [6, 6.07) is 2.15. The van der Waals surface area contributed by atoms with E-state index < -0.39 is 11.6 Å². The highest BCUT2D eigenvalue weighted by molar-refractivity contribution is 7.99. The van der Waals surface area contributed by atoms with Crippen LogP contribution in [0.15, 0.2) is 18.3 Å². The highest BCUT2D eigenvalue weighted by Crippen LogP contribution is 2.23. The minimum absolute atomic E-state index is 0.364. The summed E-state index contributed by atoms with van der Waals surface area (Å²) in [5.41, 5.74) is 0.731. The van der Waals surface area contributed by atoms with E-state index in [-0.39, 0.29) is 0 Å². The monoisotopic (exact) mass is 295 g/mol. The molecule has 0 radical (unpaired) electrons. The molecule has 1 aliphatic rings. The molecule has 2 heterocycles. The smallest absolute Gasteiger partial charge is 0.161 e. The molecule has 1 aliphatic heterocycles. The third kappa shape index (κ3) is 3.00. The molecule has 0 saturated carbocycles. The fraction of sp³-hybridized carbons (Fsp3) is 0.429. The number of nitrogens with one attached hydrogen (secondary N) is 1. The van der Waals surface area contributed by atoms with Crippen molar-refractivity contribution in [1.82, 2.24) is 9.97 Å². The van der Waals surface area contributed by atoms with E-state index in [0.29, 0.717) is 22.8 Å². The lowest BCUT2D eigenvalue weighted by atomic mass is 10.1. The van der Waals surface area contributed by atoms with Crippen LogP contribution in [-0.4, -0.2) is 28.0 Å². The average molecular weight is 295 g/mol. The van der Waals surface area contributed by atoms with Crippen molar-refractivity contribution in [2.45, 2.75) is 12.8 Å². The predicted molar refractivity (Wildman–Crippen MR) is 78.0 cm³/mol. The van der Waals surface area contributed by atoms with Crippen molar-refractivity contribution < 1.29 is 8.78 Å². The molecule has 1 saturated heterocycles. The third-order valence-electron chi connectivity index (χ3n) is 3.41. The van der Waals surface area contributed by atoms with Gasteiger partial charge in [-0.1, -0.05) is 0 Å². The molecule has 1 unspecified atom stereocenters. The first-order valence-electron chi connectivity index (χ1n) is 6.66. The van der Waals surface area contributed by atoms with Crippen molar-refractivity contribution >= 4 is 28.6 Å². The summed E-state index contributed by atoms with van der Waals surface area (Å²) in [6.07, 6.45) is 4.04. The van der Waals surface area contributed by atoms with E-state index in [1.54, 1.807) is 6.20 Å². The van der Waals surface area contributed by atoms with Gasteiger partial charge in [-0.15, -0.1) is 0 Å². The molecule has 2 aromatic rings. The summed E-state index contributed by atoms with van der Waals surface area (Å²) in [5, 5.41) is 3.24. The first-order chi connectivity index (χ1) is 9.72. The molecule has 0 aliphatic carbocycles. The fourth-order valence-electron chi connectivity index (χ4n) is 2.31. The van der Waals surface area contributed by atoms with Gasteiger partial charge in [0.25, 0.3) is 0 Å². The molecule has 3 rings (SSSR count). The van der Waals surface area contributed by atoms with Crippen molar-refractivity contribution in [3.8, 4) is 0 Å². The normalized spacial score (nSPS) is 19.2. The Bertz CT molecular complexity index is 615. The maximum atomic E-state index is 13.2. The van der Waals surface area contributed by atoms with E-state index in [1.165, 1.54) is 18.6 Å². The number of nitrogens with zero attached hydrogens (tertiary/aromatic N) is 2. The number of thioether (sulfide) groups is 1.